The average molecular weight is 474 g/mol. The molecule has 30 heavy (non-hydrogen) atoms. The lowest BCUT2D eigenvalue weighted by Gasteiger charge is -2.22. The highest BCUT2D eigenvalue weighted by atomic mass is 35.5. The minimum absolute atomic E-state index is 0.00805. The number of hydrogen-bond donors (Lipinski definition) is 1. The summed E-state index contributed by atoms with van der Waals surface area (Å²) in [5.74, 6) is -1.47. The van der Waals surface area contributed by atoms with Gasteiger partial charge in [0.05, 0.1) is 31.9 Å². The van der Waals surface area contributed by atoms with E-state index < -0.39 is 23.6 Å². The lowest BCUT2D eigenvalue weighted by Crippen LogP contribution is -2.16. The van der Waals surface area contributed by atoms with Crippen LogP contribution in [-0.4, -0.2) is 10.9 Å². The predicted molar refractivity (Wildman–Crippen MR) is 111 cm³/mol. The Morgan fingerprint density at radius 2 is 1.70 bits per heavy atom. The normalized spacial score (nSPS) is 12.6. The van der Waals surface area contributed by atoms with Gasteiger partial charge in [0, 0.05) is 12.1 Å². The number of hydrogen-bond acceptors (Lipinski definition) is 2. The van der Waals surface area contributed by atoms with Gasteiger partial charge in [-0.25, -0.2) is 0 Å². The molecule has 9 heteroatoms. The first-order valence-electron chi connectivity index (χ1n) is 8.64. The van der Waals surface area contributed by atoms with E-state index in [1.807, 2.05) is 30.3 Å². The Morgan fingerprint density at radius 3 is 2.27 bits per heavy atom. The number of halogens is 6. The fourth-order valence-corrected chi connectivity index (χ4v) is 4.11. The highest BCUT2D eigenvalue weighted by Gasteiger charge is 2.33. The molecule has 0 spiro atoms. The molecule has 3 aromatic rings. The Labute approximate surface area is 185 Å². The van der Waals surface area contributed by atoms with Crippen LogP contribution in [0.1, 0.15) is 38.7 Å². The first kappa shape index (κ1) is 22.4. The van der Waals surface area contributed by atoms with Gasteiger partial charge in [-0.15, -0.1) is 0 Å². The maximum atomic E-state index is 13.0. The molecular formula is C21H14Cl3F3N2O. The Kier molecular flexibility index (Phi) is 6.60. The van der Waals surface area contributed by atoms with E-state index in [0.717, 1.165) is 17.8 Å². The van der Waals surface area contributed by atoms with E-state index in [9.17, 15) is 18.0 Å². The highest BCUT2D eigenvalue weighted by Crippen LogP contribution is 2.40. The van der Waals surface area contributed by atoms with Crippen LogP contribution >= 0.6 is 34.8 Å². The summed E-state index contributed by atoms with van der Waals surface area (Å²) in [4.78, 5) is 15.8. The van der Waals surface area contributed by atoms with Gasteiger partial charge >= 0.3 is 6.18 Å². The number of primary amides is 1. The van der Waals surface area contributed by atoms with E-state index in [0.29, 0.717) is 12.0 Å². The van der Waals surface area contributed by atoms with Crippen LogP contribution in [0.3, 0.4) is 0 Å². The van der Waals surface area contributed by atoms with Gasteiger partial charge in [0.15, 0.2) is 0 Å². The lowest BCUT2D eigenvalue weighted by atomic mass is 9.87. The smallest absolute Gasteiger partial charge is 0.366 e. The van der Waals surface area contributed by atoms with Gasteiger partial charge in [-0.05, 0) is 29.7 Å². The molecule has 2 N–H and O–H groups in total. The van der Waals surface area contributed by atoms with Crippen molar-refractivity contribution in [1.29, 1.82) is 0 Å². The quantitative estimate of drug-likeness (QED) is 0.458. The minimum Gasteiger partial charge on any atom is -0.366 e. The molecule has 1 atom stereocenters. The van der Waals surface area contributed by atoms with Crippen molar-refractivity contribution in [2.24, 2.45) is 5.73 Å². The van der Waals surface area contributed by atoms with Crippen LogP contribution in [0.15, 0.2) is 54.7 Å². The molecule has 0 saturated heterocycles. The van der Waals surface area contributed by atoms with Crippen LogP contribution in [0.25, 0.3) is 0 Å². The summed E-state index contributed by atoms with van der Waals surface area (Å²) in [6.07, 6.45) is -3.54. The topological polar surface area (TPSA) is 56.0 Å². The second-order valence-corrected chi connectivity index (χ2v) is 7.71. The SMILES string of the molecule is NC(=O)c1c(Cl)ccc(C(Cc2ccccc2)c2ncc(C(F)(F)F)cc2Cl)c1Cl. The Bertz CT molecular complexity index is 1090. The molecule has 0 bridgehead atoms. The van der Waals surface area contributed by atoms with Crippen molar-refractivity contribution in [3.63, 3.8) is 0 Å². The largest absolute Gasteiger partial charge is 0.417 e. The van der Waals surface area contributed by atoms with Crippen LogP contribution in [0.4, 0.5) is 13.2 Å². The maximum Gasteiger partial charge on any atom is 0.417 e. The molecule has 0 aliphatic heterocycles. The van der Waals surface area contributed by atoms with E-state index >= 15 is 0 Å². The number of benzene rings is 2. The van der Waals surface area contributed by atoms with Crippen LogP contribution in [0.2, 0.25) is 15.1 Å². The molecule has 1 aromatic heterocycles. The Hall–Kier alpha value is -2.28. The van der Waals surface area contributed by atoms with Crippen LogP contribution in [0, 0.1) is 0 Å². The molecular weight excluding hydrogens is 460 g/mol. The van der Waals surface area contributed by atoms with Crippen molar-refractivity contribution < 1.29 is 18.0 Å². The predicted octanol–water partition coefficient (Wildman–Crippen LogP) is 6.53. The van der Waals surface area contributed by atoms with Gasteiger partial charge in [0.2, 0.25) is 0 Å². The summed E-state index contributed by atoms with van der Waals surface area (Å²) in [5, 5.41) is -0.0905. The molecule has 3 rings (SSSR count). The number of aromatic nitrogens is 1. The first-order chi connectivity index (χ1) is 14.1. The summed E-state index contributed by atoms with van der Waals surface area (Å²) in [5.41, 5.74) is 5.84. The third-order valence-electron chi connectivity index (χ3n) is 4.55. The van der Waals surface area contributed by atoms with Crippen molar-refractivity contribution in [3.05, 3.63) is 97.7 Å². The lowest BCUT2D eigenvalue weighted by molar-refractivity contribution is -0.137. The summed E-state index contributed by atoms with van der Waals surface area (Å²) >= 11 is 18.7. The molecule has 0 aliphatic rings. The standard InChI is InChI=1S/C21H14Cl3F3N2O/c22-15-7-6-13(18(24)17(15)20(28)30)14(8-11-4-2-1-3-5-11)19-16(23)9-12(10-29-19)21(25,26)27/h1-7,9-10,14H,8H2,(H2,28,30). The number of carbonyl (C=O) groups excluding carboxylic acids is 1. The van der Waals surface area contributed by atoms with Crippen LogP contribution in [-0.2, 0) is 12.6 Å². The maximum absolute atomic E-state index is 13.0. The zero-order valence-electron chi connectivity index (χ0n) is 15.2. The molecule has 156 valence electrons. The van der Waals surface area contributed by atoms with Crippen LogP contribution in [0.5, 0.6) is 0 Å². The third-order valence-corrected chi connectivity index (χ3v) is 5.58. The van der Waals surface area contributed by atoms with E-state index in [4.69, 9.17) is 40.5 Å². The second kappa shape index (κ2) is 8.84. The Morgan fingerprint density at radius 1 is 1.03 bits per heavy atom. The van der Waals surface area contributed by atoms with Crippen molar-refractivity contribution in [1.82, 2.24) is 4.98 Å². The van der Waals surface area contributed by atoms with Crippen LogP contribution < -0.4 is 5.73 Å². The van der Waals surface area contributed by atoms with E-state index in [-0.39, 0.29) is 26.3 Å². The van der Waals surface area contributed by atoms with Crippen molar-refractivity contribution in [3.8, 4) is 0 Å². The fourth-order valence-electron chi connectivity index (χ4n) is 3.13. The Balaban J connectivity index is 2.18. The first-order valence-corrected chi connectivity index (χ1v) is 9.77. The average Bonchev–Trinajstić information content (AvgIpc) is 2.67. The van der Waals surface area contributed by atoms with Gasteiger partial charge in [-0.1, -0.05) is 71.2 Å². The number of pyridine rings is 1. The van der Waals surface area contributed by atoms with E-state index in [2.05, 4.69) is 4.98 Å². The van der Waals surface area contributed by atoms with E-state index in [1.54, 1.807) is 6.07 Å². The van der Waals surface area contributed by atoms with E-state index in [1.165, 1.54) is 6.07 Å². The second-order valence-electron chi connectivity index (χ2n) is 6.52. The summed E-state index contributed by atoms with van der Waals surface area (Å²) in [6.45, 7) is 0. The zero-order valence-corrected chi connectivity index (χ0v) is 17.4. The monoisotopic (exact) mass is 472 g/mol. The zero-order chi connectivity index (χ0) is 22.1. The summed E-state index contributed by atoms with van der Waals surface area (Å²) in [6, 6.07) is 13.1. The number of carbonyl (C=O) groups is 1. The molecule has 3 nitrogen and oxygen atoms in total. The minimum atomic E-state index is -4.58. The molecule has 1 heterocycles. The van der Waals surface area contributed by atoms with Crippen molar-refractivity contribution >= 4 is 40.7 Å². The molecule has 0 fully saturated rings. The van der Waals surface area contributed by atoms with Gasteiger partial charge < -0.3 is 5.73 Å². The number of alkyl halides is 3. The molecule has 0 aliphatic carbocycles. The van der Waals surface area contributed by atoms with Gasteiger partial charge in [0.25, 0.3) is 5.91 Å². The van der Waals surface area contributed by atoms with Crippen molar-refractivity contribution in [2.45, 2.75) is 18.5 Å². The molecule has 0 saturated carbocycles. The molecule has 1 unspecified atom stereocenters. The molecule has 0 radical (unpaired) electrons. The van der Waals surface area contributed by atoms with Gasteiger partial charge in [-0.3, -0.25) is 9.78 Å². The highest BCUT2D eigenvalue weighted by molar-refractivity contribution is 6.40. The summed E-state index contributed by atoms with van der Waals surface area (Å²) < 4.78 is 39.1. The van der Waals surface area contributed by atoms with Crippen molar-refractivity contribution in [2.75, 3.05) is 0 Å². The number of nitrogens with zero attached hydrogens (tertiary/aromatic N) is 1. The fraction of sp³-hybridized carbons (Fsp3) is 0.143. The number of nitrogens with two attached hydrogens (primary N) is 1. The van der Waals surface area contributed by atoms with Gasteiger partial charge in [0.1, 0.15) is 0 Å². The summed E-state index contributed by atoms with van der Waals surface area (Å²) in [7, 11) is 0. The molecule has 1 amide bonds. The van der Waals surface area contributed by atoms with Gasteiger partial charge in [-0.2, -0.15) is 13.2 Å². The number of rotatable bonds is 5. The number of amides is 1. The third kappa shape index (κ3) is 4.72. The molecule has 2 aromatic carbocycles.